The van der Waals surface area contributed by atoms with Crippen molar-refractivity contribution in [3.05, 3.63) is 33.9 Å². The molecule has 0 unspecified atom stereocenters. The highest BCUT2D eigenvalue weighted by atomic mass is 79.9. The number of benzene rings is 1. The Bertz CT molecular complexity index is 531. The van der Waals surface area contributed by atoms with Crippen molar-refractivity contribution in [2.75, 3.05) is 0 Å². The molecule has 1 aromatic heterocycles. The molecule has 0 aliphatic heterocycles. The maximum absolute atomic E-state index is 5.30. The Labute approximate surface area is 98.0 Å². The minimum absolute atomic E-state index is 0.792. The lowest BCUT2D eigenvalue weighted by Crippen LogP contribution is -1.84. The molecule has 2 heteroatoms. The summed E-state index contributed by atoms with van der Waals surface area (Å²) < 4.78 is 1.11. The molecule has 1 aromatic carbocycles. The average Bonchev–Trinajstić information content (AvgIpc) is 2.54. The zero-order valence-corrected chi connectivity index (χ0v) is 10.2. The molecule has 2 rings (SSSR count). The standard InChI is InChI=1S/C13H12BrN/c1-3-4-6-10-9(2)15-13-11(10)7-5-8-12(13)14/h1,5,7-8,15H,4,6H2,2H3. The van der Waals surface area contributed by atoms with Gasteiger partial charge < -0.3 is 4.98 Å². The number of para-hydroxylation sites is 1. The van der Waals surface area contributed by atoms with Gasteiger partial charge in [-0.25, -0.2) is 0 Å². The number of halogens is 1. The van der Waals surface area contributed by atoms with Crippen LogP contribution >= 0.6 is 15.9 Å². The third-order valence-corrected chi connectivity index (χ3v) is 3.28. The zero-order chi connectivity index (χ0) is 10.8. The Morgan fingerprint density at radius 1 is 1.47 bits per heavy atom. The molecule has 0 aliphatic carbocycles. The summed E-state index contributed by atoms with van der Waals surface area (Å²) in [6, 6.07) is 6.23. The van der Waals surface area contributed by atoms with Gasteiger partial charge in [0, 0.05) is 22.0 Å². The maximum atomic E-state index is 5.30. The van der Waals surface area contributed by atoms with Gasteiger partial charge in [0.25, 0.3) is 0 Å². The first-order valence-corrected chi connectivity index (χ1v) is 5.72. The minimum atomic E-state index is 0.792. The molecule has 0 spiro atoms. The van der Waals surface area contributed by atoms with Crippen LogP contribution in [0.15, 0.2) is 22.7 Å². The molecule has 0 amide bonds. The van der Waals surface area contributed by atoms with Crippen molar-refractivity contribution in [1.29, 1.82) is 0 Å². The fourth-order valence-electron chi connectivity index (χ4n) is 1.89. The van der Waals surface area contributed by atoms with Gasteiger partial charge in [0.1, 0.15) is 0 Å². The number of fused-ring (bicyclic) bond motifs is 1. The van der Waals surface area contributed by atoms with Gasteiger partial charge in [-0.05, 0) is 40.9 Å². The van der Waals surface area contributed by atoms with Crippen molar-refractivity contribution in [2.24, 2.45) is 0 Å². The van der Waals surface area contributed by atoms with Crippen molar-refractivity contribution in [1.82, 2.24) is 4.98 Å². The van der Waals surface area contributed by atoms with Crippen LogP contribution in [0.25, 0.3) is 10.9 Å². The summed E-state index contributed by atoms with van der Waals surface area (Å²) in [5.74, 6) is 2.69. The molecule has 0 saturated carbocycles. The van der Waals surface area contributed by atoms with Crippen LogP contribution in [0.4, 0.5) is 0 Å². The molecule has 1 N–H and O–H groups in total. The van der Waals surface area contributed by atoms with E-state index in [-0.39, 0.29) is 0 Å². The highest BCUT2D eigenvalue weighted by Gasteiger charge is 2.08. The predicted octanol–water partition coefficient (Wildman–Crippen LogP) is 3.80. The van der Waals surface area contributed by atoms with E-state index in [9.17, 15) is 0 Å². The Hall–Kier alpha value is -1.20. The van der Waals surface area contributed by atoms with E-state index in [1.807, 2.05) is 6.07 Å². The Morgan fingerprint density at radius 2 is 2.27 bits per heavy atom. The van der Waals surface area contributed by atoms with Gasteiger partial charge >= 0.3 is 0 Å². The van der Waals surface area contributed by atoms with Crippen molar-refractivity contribution < 1.29 is 0 Å². The molecule has 76 valence electrons. The summed E-state index contributed by atoms with van der Waals surface area (Å²) in [6.45, 7) is 2.10. The molecular weight excluding hydrogens is 250 g/mol. The molecule has 0 atom stereocenters. The van der Waals surface area contributed by atoms with Crippen LogP contribution in [0.3, 0.4) is 0 Å². The van der Waals surface area contributed by atoms with E-state index in [2.05, 4.69) is 45.9 Å². The molecular formula is C13H12BrN. The van der Waals surface area contributed by atoms with Gasteiger partial charge in [0.2, 0.25) is 0 Å². The molecule has 15 heavy (non-hydrogen) atoms. The van der Waals surface area contributed by atoms with E-state index in [4.69, 9.17) is 6.42 Å². The number of hydrogen-bond acceptors (Lipinski definition) is 0. The van der Waals surface area contributed by atoms with Crippen molar-refractivity contribution in [3.8, 4) is 12.3 Å². The second kappa shape index (κ2) is 4.12. The first-order valence-electron chi connectivity index (χ1n) is 4.93. The van der Waals surface area contributed by atoms with E-state index < -0.39 is 0 Å². The van der Waals surface area contributed by atoms with Gasteiger partial charge in [-0.1, -0.05) is 12.1 Å². The Balaban J connectivity index is 2.59. The topological polar surface area (TPSA) is 15.8 Å². The third-order valence-electron chi connectivity index (χ3n) is 2.62. The van der Waals surface area contributed by atoms with E-state index in [0.717, 1.165) is 17.3 Å². The van der Waals surface area contributed by atoms with Crippen LogP contribution in [-0.4, -0.2) is 4.98 Å². The number of aryl methyl sites for hydroxylation is 2. The second-order valence-corrected chi connectivity index (χ2v) is 4.45. The lowest BCUT2D eigenvalue weighted by atomic mass is 10.1. The SMILES string of the molecule is C#CCCc1c(C)[nH]c2c(Br)cccc12. The summed E-state index contributed by atoms with van der Waals surface area (Å²) in [7, 11) is 0. The number of hydrogen-bond donors (Lipinski definition) is 1. The maximum Gasteiger partial charge on any atom is 0.0603 e. The zero-order valence-electron chi connectivity index (χ0n) is 8.60. The second-order valence-electron chi connectivity index (χ2n) is 3.60. The number of terminal acetylenes is 1. The molecule has 0 fully saturated rings. The highest BCUT2D eigenvalue weighted by molar-refractivity contribution is 9.10. The summed E-state index contributed by atoms with van der Waals surface area (Å²) in [4.78, 5) is 3.39. The summed E-state index contributed by atoms with van der Waals surface area (Å²) >= 11 is 3.54. The van der Waals surface area contributed by atoms with E-state index in [1.54, 1.807) is 0 Å². The Kier molecular flexibility index (Phi) is 2.83. The van der Waals surface area contributed by atoms with Crippen LogP contribution < -0.4 is 0 Å². The van der Waals surface area contributed by atoms with Crippen LogP contribution in [0, 0.1) is 19.3 Å². The fraction of sp³-hybridized carbons (Fsp3) is 0.231. The number of aromatic amines is 1. The van der Waals surface area contributed by atoms with Gasteiger partial charge in [0.05, 0.1) is 5.52 Å². The van der Waals surface area contributed by atoms with E-state index >= 15 is 0 Å². The molecule has 1 nitrogen and oxygen atoms in total. The number of rotatable bonds is 2. The number of aromatic nitrogens is 1. The van der Waals surface area contributed by atoms with Gasteiger partial charge in [-0.2, -0.15) is 0 Å². The van der Waals surface area contributed by atoms with Crippen LogP contribution in [0.5, 0.6) is 0 Å². The van der Waals surface area contributed by atoms with Gasteiger partial charge in [-0.3, -0.25) is 0 Å². The fourth-order valence-corrected chi connectivity index (χ4v) is 2.35. The Morgan fingerprint density at radius 3 is 3.00 bits per heavy atom. The molecule has 0 saturated heterocycles. The summed E-state index contributed by atoms with van der Waals surface area (Å²) in [5.41, 5.74) is 3.72. The van der Waals surface area contributed by atoms with E-state index in [0.29, 0.717) is 0 Å². The normalized spacial score (nSPS) is 10.5. The molecule has 1 heterocycles. The van der Waals surface area contributed by atoms with Crippen LogP contribution in [0.2, 0.25) is 0 Å². The third kappa shape index (κ3) is 1.80. The number of H-pyrrole nitrogens is 1. The first-order chi connectivity index (χ1) is 7.24. The van der Waals surface area contributed by atoms with Gasteiger partial charge in [-0.15, -0.1) is 12.3 Å². The molecule has 0 radical (unpaired) electrons. The van der Waals surface area contributed by atoms with Crippen LogP contribution in [0.1, 0.15) is 17.7 Å². The average molecular weight is 262 g/mol. The van der Waals surface area contributed by atoms with E-state index in [1.165, 1.54) is 22.2 Å². The summed E-state index contributed by atoms with van der Waals surface area (Å²) in [6.07, 6.45) is 7.03. The van der Waals surface area contributed by atoms with Crippen molar-refractivity contribution in [2.45, 2.75) is 19.8 Å². The lowest BCUT2D eigenvalue weighted by molar-refractivity contribution is 1.02. The first kappa shape index (κ1) is 10.3. The number of nitrogens with one attached hydrogen (secondary N) is 1. The molecule has 0 bridgehead atoms. The molecule has 2 aromatic rings. The lowest BCUT2D eigenvalue weighted by Gasteiger charge is -1.97. The highest BCUT2D eigenvalue weighted by Crippen LogP contribution is 2.28. The smallest absolute Gasteiger partial charge is 0.0603 e. The van der Waals surface area contributed by atoms with Crippen LogP contribution in [-0.2, 0) is 6.42 Å². The minimum Gasteiger partial charge on any atom is -0.357 e. The summed E-state index contributed by atoms with van der Waals surface area (Å²) in [5, 5.41) is 1.28. The largest absolute Gasteiger partial charge is 0.357 e. The molecule has 0 aliphatic rings. The monoisotopic (exact) mass is 261 g/mol. The predicted molar refractivity (Wildman–Crippen MR) is 67.9 cm³/mol. The van der Waals surface area contributed by atoms with Crippen molar-refractivity contribution in [3.63, 3.8) is 0 Å². The van der Waals surface area contributed by atoms with Gasteiger partial charge in [0.15, 0.2) is 0 Å². The quantitative estimate of drug-likeness (QED) is 0.792. The van der Waals surface area contributed by atoms with Crippen molar-refractivity contribution >= 4 is 26.8 Å².